The van der Waals surface area contributed by atoms with Gasteiger partial charge < -0.3 is 5.32 Å². The first kappa shape index (κ1) is 15.8. The van der Waals surface area contributed by atoms with E-state index in [1.165, 1.54) is 6.07 Å². The van der Waals surface area contributed by atoms with Gasteiger partial charge >= 0.3 is 0 Å². The van der Waals surface area contributed by atoms with Gasteiger partial charge in [0, 0.05) is 23.7 Å². The van der Waals surface area contributed by atoms with Crippen LogP contribution < -0.4 is 5.32 Å². The maximum Gasteiger partial charge on any atom is 0.243 e. The predicted octanol–water partition coefficient (Wildman–Crippen LogP) is 2.49. The van der Waals surface area contributed by atoms with E-state index in [-0.39, 0.29) is 17.0 Å². The van der Waals surface area contributed by atoms with Crippen LogP contribution in [0.15, 0.2) is 29.2 Å². The summed E-state index contributed by atoms with van der Waals surface area (Å²) in [5.41, 5.74) is 0. The van der Waals surface area contributed by atoms with Crippen molar-refractivity contribution < 1.29 is 8.42 Å². The Bertz CT molecular complexity index is 554. The van der Waals surface area contributed by atoms with Crippen molar-refractivity contribution in [3.05, 3.63) is 29.3 Å². The molecule has 0 aromatic heterocycles. The zero-order valence-electron chi connectivity index (χ0n) is 11.8. The maximum absolute atomic E-state index is 12.8. The second kappa shape index (κ2) is 6.43. The second-order valence-electron chi connectivity index (χ2n) is 5.42. The standard InChI is InChI=1S/C14H21ClN2O2S/c1-11(2)17(10-13-6-4-8-16-13)20(18,19)14-7-3-5-12(15)9-14/h3,5,7,9,11,13,16H,4,6,8,10H2,1-2H3. The first-order chi connectivity index (χ1) is 9.41. The molecule has 1 saturated heterocycles. The molecule has 0 amide bonds. The molecule has 0 aliphatic carbocycles. The first-order valence-corrected chi connectivity index (χ1v) is 8.74. The van der Waals surface area contributed by atoms with Crippen LogP contribution in [0.25, 0.3) is 0 Å². The van der Waals surface area contributed by atoms with E-state index in [0.717, 1.165) is 19.4 Å². The van der Waals surface area contributed by atoms with Crippen LogP contribution in [0.3, 0.4) is 0 Å². The summed E-state index contributed by atoms with van der Waals surface area (Å²) in [6.45, 7) is 5.27. The Morgan fingerprint density at radius 3 is 2.75 bits per heavy atom. The summed E-state index contributed by atoms with van der Waals surface area (Å²) in [6.07, 6.45) is 2.13. The van der Waals surface area contributed by atoms with Crippen LogP contribution in [0.5, 0.6) is 0 Å². The molecule has 1 heterocycles. The highest BCUT2D eigenvalue weighted by atomic mass is 35.5. The fourth-order valence-corrected chi connectivity index (χ4v) is 4.46. The smallest absolute Gasteiger partial charge is 0.243 e. The van der Waals surface area contributed by atoms with Crippen molar-refractivity contribution >= 4 is 21.6 Å². The fourth-order valence-electron chi connectivity index (χ4n) is 2.48. The van der Waals surface area contributed by atoms with Gasteiger partial charge in [0.05, 0.1) is 4.90 Å². The molecule has 1 aromatic carbocycles. The molecule has 0 bridgehead atoms. The lowest BCUT2D eigenvalue weighted by Crippen LogP contribution is -2.44. The average Bonchev–Trinajstić information content (AvgIpc) is 2.88. The van der Waals surface area contributed by atoms with Gasteiger partial charge in [0.25, 0.3) is 0 Å². The second-order valence-corrected chi connectivity index (χ2v) is 7.75. The number of sulfonamides is 1. The predicted molar refractivity (Wildman–Crippen MR) is 81.5 cm³/mol. The Hall–Kier alpha value is -0.620. The molecule has 1 unspecified atom stereocenters. The molecule has 6 heteroatoms. The number of hydrogen-bond donors (Lipinski definition) is 1. The van der Waals surface area contributed by atoms with Gasteiger partial charge in [-0.1, -0.05) is 17.7 Å². The molecule has 0 spiro atoms. The summed E-state index contributed by atoms with van der Waals surface area (Å²) in [4.78, 5) is 0.261. The monoisotopic (exact) mass is 316 g/mol. The normalized spacial score (nSPS) is 19.9. The van der Waals surface area contributed by atoms with E-state index < -0.39 is 10.0 Å². The largest absolute Gasteiger partial charge is 0.313 e. The molecule has 0 radical (unpaired) electrons. The Morgan fingerprint density at radius 2 is 2.20 bits per heavy atom. The van der Waals surface area contributed by atoms with E-state index in [4.69, 9.17) is 11.6 Å². The Kier molecular flexibility index (Phi) is 5.07. The van der Waals surface area contributed by atoms with Crippen LogP contribution >= 0.6 is 11.6 Å². The molecular formula is C14H21ClN2O2S. The van der Waals surface area contributed by atoms with E-state index in [1.54, 1.807) is 22.5 Å². The van der Waals surface area contributed by atoms with Gasteiger partial charge in [-0.25, -0.2) is 8.42 Å². The van der Waals surface area contributed by atoms with E-state index in [2.05, 4.69) is 5.32 Å². The van der Waals surface area contributed by atoms with Gasteiger partial charge in [0.15, 0.2) is 0 Å². The lowest BCUT2D eigenvalue weighted by molar-refractivity contribution is 0.322. The molecule has 1 fully saturated rings. The quantitative estimate of drug-likeness (QED) is 0.908. The summed E-state index contributed by atoms with van der Waals surface area (Å²) in [5, 5.41) is 3.78. The highest BCUT2D eigenvalue weighted by Gasteiger charge is 2.30. The summed E-state index contributed by atoms with van der Waals surface area (Å²) < 4.78 is 27.1. The van der Waals surface area contributed by atoms with E-state index in [0.29, 0.717) is 11.6 Å². The minimum absolute atomic E-state index is 0.0821. The lowest BCUT2D eigenvalue weighted by Gasteiger charge is -2.28. The highest BCUT2D eigenvalue weighted by Crippen LogP contribution is 2.22. The number of benzene rings is 1. The van der Waals surface area contributed by atoms with Crippen molar-refractivity contribution in [2.24, 2.45) is 0 Å². The van der Waals surface area contributed by atoms with Crippen LogP contribution in [0.4, 0.5) is 0 Å². The van der Waals surface area contributed by atoms with E-state index >= 15 is 0 Å². The van der Waals surface area contributed by atoms with E-state index in [9.17, 15) is 8.42 Å². The van der Waals surface area contributed by atoms with Crippen molar-refractivity contribution in [3.8, 4) is 0 Å². The van der Waals surface area contributed by atoms with Crippen LogP contribution in [-0.2, 0) is 10.0 Å². The molecule has 4 nitrogen and oxygen atoms in total. The van der Waals surface area contributed by atoms with E-state index in [1.807, 2.05) is 13.8 Å². The summed E-state index contributed by atoms with van der Waals surface area (Å²) in [5.74, 6) is 0. The van der Waals surface area contributed by atoms with Gasteiger partial charge in [-0.15, -0.1) is 0 Å². The highest BCUT2D eigenvalue weighted by molar-refractivity contribution is 7.89. The summed E-state index contributed by atoms with van der Waals surface area (Å²) >= 11 is 5.91. The molecule has 1 atom stereocenters. The van der Waals surface area contributed by atoms with Gasteiger partial charge in [-0.3, -0.25) is 0 Å². The minimum atomic E-state index is -3.50. The van der Waals surface area contributed by atoms with Crippen molar-refractivity contribution in [1.82, 2.24) is 9.62 Å². The number of hydrogen-bond acceptors (Lipinski definition) is 3. The molecule has 1 aromatic rings. The lowest BCUT2D eigenvalue weighted by atomic mass is 10.2. The van der Waals surface area contributed by atoms with Gasteiger partial charge in [-0.2, -0.15) is 4.31 Å². The van der Waals surface area contributed by atoms with Crippen molar-refractivity contribution in [2.45, 2.75) is 43.7 Å². The number of halogens is 1. The zero-order valence-corrected chi connectivity index (χ0v) is 13.4. The van der Waals surface area contributed by atoms with Gasteiger partial charge in [0.2, 0.25) is 10.0 Å². The topological polar surface area (TPSA) is 49.4 Å². The Labute approximate surface area is 126 Å². The molecule has 0 saturated carbocycles. The third-order valence-corrected chi connectivity index (χ3v) is 5.81. The van der Waals surface area contributed by atoms with Crippen molar-refractivity contribution in [1.29, 1.82) is 0 Å². The number of rotatable bonds is 5. The zero-order chi connectivity index (χ0) is 14.8. The molecule has 20 heavy (non-hydrogen) atoms. The molecular weight excluding hydrogens is 296 g/mol. The average molecular weight is 317 g/mol. The number of nitrogens with zero attached hydrogens (tertiary/aromatic N) is 1. The molecule has 1 aliphatic rings. The van der Waals surface area contributed by atoms with Crippen LogP contribution in [-0.4, -0.2) is 37.9 Å². The maximum atomic E-state index is 12.8. The molecule has 112 valence electrons. The Balaban J connectivity index is 2.27. The first-order valence-electron chi connectivity index (χ1n) is 6.92. The van der Waals surface area contributed by atoms with Gasteiger partial charge in [0.1, 0.15) is 0 Å². The SMILES string of the molecule is CC(C)N(CC1CCCN1)S(=O)(=O)c1cccc(Cl)c1. The summed E-state index contributed by atoms with van der Waals surface area (Å²) in [6, 6.07) is 6.61. The summed E-state index contributed by atoms with van der Waals surface area (Å²) in [7, 11) is -3.50. The number of nitrogens with one attached hydrogen (secondary N) is 1. The van der Waals surface area contributed by atoms with Crippen LogP contribution in [0, 0.1) is 0 Å². The molecule has 2 rings (SSSR count). The van der Waals surface area contributed by atoms with Crippen molar-refractivity contribution in [3.63, 3.8) is 0 Å². The Morgan fingerprint density at radius 1 is 1.45 bits per heavy atom. The fraction of sp³-hybridized carbons (Fsp3) is 0.571. The van der Waals surface area contributed by atoms with Crippen LogP contribution in [0.2, 0.25) is 5.02 Å². The van der Waals surface area contributed by atoms with Gasteiger partial charge in [-0.05, 0) is 51.4 Å². The third kappa shape index (κ3) is 3.52. The molecule has 1 N–H and O–H groups in total. The van der Waals surface area contributed by atoms with Crippen LogP contribution in [0.1, 0.15) is 26.7 Å². The molecule has 1 aliphatic heterocycles. The van der Waals surface area contributed by atoms with Crippen molar-refractivity contribution in [2.75, 3.05) is 13.1 Å². The third-order valence-electron chi connectivity index (χ3n) is 3.54. The minimum Gasteiger partial charge on any atom is -0.313 e.